The van der Waals surface area contributed by atoms with Crippen molar-refractivity contribution in [1.29, 1.82) is 0 Å². The third kappa shape index (κ3) is 2.69. The van der Waals surface area contributed by atoms with Gasteiger partial charge in [0.05, 0.1) is 5.56 Å². The van der Waals surface area contributed by atoms with Crippen molar-refractivity contribution in [2.75, 3.05) is 0 Å². The van der Waals surface area contributed by atoms with E-state index in [9.17, 15) is 14.5 Å². The molecule has 3 N–H and O–H groups in total. The fourth-order valence-corrected chi connectivity index (χ4v) is 4.39. The molecular weight excluding hydrogens is 411 g/mol. The van der Waals surface area contributed by atoms with Gasteiger partial charge >= 0.3 is 13.8 Å². The second-order valence-electron chi connectivity index (χ2n) is 7.14. The van der Waals surface area contributed by atoms with Crippen molar-refractivity contribution in [2.45, 2.75) is 12.5 Å². The number of carbonyl (C=O) groups excluding carboxylic acids is 1. The molecule has 2 aliphatic rings. The summed E-state index contributed by atoms with van der Waals surface area (Å²) in [4.78, 5) is 31.0. The number of phenolic OH excluding ortho intramolecular Hbond substituents is 1. The minimum absolute atomic E-state index is 0.0524. The van der Waals surface area contributed by atoms with E-state index < -0.39 is 19.4 Å². The molecule has 30 heavy (non-hydrogen) atoms. The lowest BCUT2D eigenvalue weighted by molar-refractivity contribution is 0.0224. The Morgan fingerprint density at radius 2 is 1.60 bits per heavy atom. The van der Waals surface area contributed by atoms with Gasteiger partial charge in [-0.25, -0.2) is 9.36 Å². The first-order chi connectivity index (χ1) is 14.2. The molecule has 1 unspecified atom stereocenters. The number of aromatic hydroxyl groups is 1. The van der Waals surface area contributed by atoms with Crippen LogP contribution in [-0.2, 0) is 14.9 Å². The quantitative estimate of drug-likeness (QED) is 0.418. The molecule has 1 spiro atoms. The Bertz CT molecular complexity index is 1280. The Labute approximate surface area is 170 Å². The first-order valence-electron chi connectivity index (χ1n) is 8.93. The van der Waals surface area contributed by atoms with E-state index in [4.69, 9.17) is 19.3 Å². The molecule has 2 aliphatic heterocycles. The van der Waals surface area contributed by atoms with E-state index in [1.807, 2.05) is 13.0 Å². The molecule has 0 radical (unpaired) electrons. The number of ether oxygens (including phenoxy) is 2. The molecule has 152 valence electrons. The maximum atomic E-state index is 12.8. The zero-order valence-electron chi connectivity index (χ0n) is 15.5. The van der Waals surface area contributed by atoms with E-state index in [1.54, 1.807) is 24.3 Å². The van der Waals surface area contributed by atoms with Gasteiger partial charge in [0.1, 0.15) is 23.0 Å². The standard InChI is InChI=1S/C21H15O8P/c1-11-2-5-15-14(8-11)20(23)28-21(15)16-6-3-12(22)9-18(16)27-19-10-13(4-7-17(19)21)29-30(24,25)26/h2-10,22H,1H3,(H2,24,25,26). The number of rotatable bonds is 2. The lowest BCUT2D eigenvalue weighted by Crippen LogP contribution is -2.32. The van der Waals surface area contributed by atoms with Crippen LogP contribution in [-0.4, -0.2) is 20.9 Å². The molecule has 0 bridgehead atoms. The van der Waals surface area contributed by atoms with E-state index in [1.165, 1.54) is 24.3 Å². The van der Waals surface area contributed by atoms with Gasteiger partial charge in [-0.05, 0) is 37.3 Å². The van der Waals surface area contributed by atoms with Crippen molar-refractivity contribution >= 4 is 13.8 Å². The third-order valence-corrected chi connectivity index (χ3v) is 5.59. The number of esters is 1. The number of phenols is 1. The Kier molecular flexibility index (Phi) is 3.79. The molecule has 3 aromatic rings. The molecule has 3 aromatic carbocycles. The van der Waals surface area contributed by atoms with Crippen molar-refractivity contribution < 1.29 is 38.3 Å². The summed E-state index contributed by atoms with van der Waals surface area (Å²) in [6, 6.07) is 14.1. The molecule has 9 heteroatoms. The van der Waals surface area contributed by atoms with Gasteiger partial charge in [-0.1, -0.05) is 17.7 Å². The predicted molar refractivity (Wildman–Crippen MR) is 104 cm³/mol. The van der Waals surface area contributed by atoms with E-state index in [2.05, 4.69) is 4.52 Å². The van der Waals surface area contributed by atoms with E-state index in [0.29, 0.717) is 22.3 Å². The highest BCUT2D eigenvalue weighted by Crippen LogP contribution is 2.57. The molecular formula is C21H15O8P. The first kappa shape index (κ1) is 18.7. The number of phosphoric acid groups is 1. The SMILES string of the molecule is Cc1ccc2c(c1)C(=O)OC21c2ccc(O)cc2Oc2cc(OP(=O)(O)O)ccc21. The fourth-order valence-electron chi connectivity index (χ4n) is 4.01. The number of carbonyl (C=O) groups is 1. The van der Waals surface area contributed by atoms with Gasteiger partial charge in [0.2, 0.25) is 0 Å². The molecule has 0 amide bonds. The molecule has 2 heterocycles. The average molecular weight is 426 g/mol. The fraction of sp³-hybridized carbons (Fsp3) is 0.0952. The molecule has 8 nitrogen and oxygen atoms in total. The second kappa shape index (κ2) is 6.09. The van der Waals surface area contributed by atoms with Gasteiger partial charge in [0.25, 0.3) is 0 Å². The number of aryl methyl sites for hydroxylation is 1. The van der Waals surface area contributed by atoms with Crippen LogP contribution in [0.15, 0.2) is 54.6 Å². The molecule has 0 saturated heterocycles. The van der Waals surface area contributed by atoms with Crippen LogP contribution in [0.1, 0.15) is 32.6 Å². The number of hydrogen-bond donors (Lipinski definition) is 3. The number of benzene rings is 3. The smallest absolute Gasteiger partial charge is 0.508 e. The Morgan fingerprint density at radius 3 is 2.33 bits per heavy atom. The summed E-state index contributed by atoms with van der Waals surface area (Å²) in [6.07, 6.45) is 0. The highest BCUT2D eigenvalue weighted by Gasteiger charge is 2.53. The summed E-state index contributed by atoms with van der Waals surface area (Å²) in [5.74, 6) is -0.244. The summed E-state index contributed by atoms with van der Waals surface area (Å²) in [5, 5.41) is 9.94. The Hall–Kier alpha value is -3.32. The van der Waals surface area contributed by atoms with Crippen LogP contribution in [0, 0.1) is 6.92 Å². The zero-order valence-corrected chi connectivity index (χ0v) is 16.4. The minimum Gasteiger partial charge on any atom is -0.508 e. The summed E-state index contributed by atoms with van der Waals surface area (Å²) < 4.78 is 27.7. The third-order valence-electron chi connectivity index (χ3n) is 5.14. The number of phosphoric ester groups is 1. The highest BCUT2D eigenvalue weighted by molar-refractivity contribution is 7.46. The Morgan fingerprint density at radius 1 is 0.933 bits per heavy atom. The van der Waals surface area contributed by atoms with Gasteiger partial charge in [0, 0.05) is 28.8 Å². The summed E-state index contributed by atoms with van der Waals surface area (Å²) in [5.41, 5.74) is 1.57. The average Bonchev–Trinajstić information content (AvgIpc) is 2.93. The van der Waals surface area contributed by atoms with Crippen molar-refractivity contribution in [3.8, 4) is 23.0 Å². The maximum absolute atomic E-state index is 12.8. The largest absolute Gasteiger partial charge is 0.524 e. The van der Waals surface area contributed by atoms with Gasteiger partial charge < -0.3 is 19.1 Å². The Balaban J connectivity index is 1.80. The van der Waals surface area contributed by atoms with Crippen molar-refractivity contribution in [1.82, 2.24) is 0 Å². The number of fused-ring (bicyclic) bond motifs is 6. The van der Waals surface area contributed by atoms with Crippen LogP contribution >= 0.6 is 7.82 Å². The summed E-state index contributed by atoms with van der Waals surface area (Å²) in [6.45, 7) is 1.87. The van der Waals surface area contributed by atoms with Gasteiger partial charge in [0.15, 0.2) is 5.60 Å². The molecule has 5 rings (SSSR count). The highest BCUT2D eigenvalue weighted by atomic mass is 31.2. The first-order valence-corrected chi connectivity index (χ1v) is 10.5. The van der Waals surface area contributed by atoms with Gasteiger partial charge in [-0.2, -0.15) is 0 Å². The molecule has 0 aromatic heterocycles. The van der Waals surface area contributed by atoms with Gasteiger partial charge in [-0.15, -0.1) is 0 Å². The topological polar surface area (TPSA) is 123 Å². The number of hydrogen-bond acceptors (Lipinski definition) is 6. The predicted octanol–water partition coefficient (Wildman–Crippen LogP) is 3.74. The van der Waals surface area contributed by atoms with E-state index >= 15 is 0 Å². The van der Waals surface area contributed by atoms with Crippen molar-refractivity contribution in [2.24, 2.45) is 0 Å². The van der Waals surface area contributed by atoms with Crippen LogP contribution < -0.4 is 9.26 Å². The lowest BCUT2D eigenvalue weighted by atomic mass is 9.77. The van der Waals surface area contributed by atoms with Crippen LogP contribution in [0.25, 0.3) is 0 Å². The zero-order chi connectivity index (χ0) is 21.3. The summed E-state index contributed by atoms with van der Waals surface area (Å²) in [7, 11) is -4.78. The van der Waals surface area contributed by atoms with Crippen LogP contribution in [0.3, 0.4) is 0 Å². The molecule has 0 aliphatic carbocycles. The molecule has 0 fully saturated rings. The van der Waals surface area contributed by atoms with Crippen molar-refractivity contribution in [3.05, 3.63) is 82.4 Å². The molecule has 1 atom stereocenters. The second-order valence-corrected chi connectivity index (χ2v) is 8.31. The van der Waals surface area contributed by atoms with Crippen LogP contribution in [0.4, 0.5) is 0 Å². The van der Waals surface area contributed by atoms with E-state index in [-0.39, 0.29) is 23.0 Å². The monoisotopic (exact) mass is 426 g/mol. The molecule has 0 saturated carbocycles. The van der Waals surface area contributed by atoms with Crippen LogP contribution in [0.2, 0.25) is 0 Å². The van der Waals surface area contributed by atoms with E-state index in [0.717, 1.165) is 5.56 Å². The summed E-state index contributed by atoms with van der Waals surface area (Å²) >= 11 is 0. The van der Waals surface area contributed by atoms with Crippen molar-refractivity contribution in [3.63, 3.8) is 0 Å². The lowest BCUT2D eigenvalue weighted by Gasteiger charge is -2.36. The minimum atomic E-state index is -4.78. The maximum Gasteiger partial charge on any atom is 0.524 e. The van der Waals surface area contributed by atoms with Gasteiger partial charge in [-0.3, -0.25) is 9.79 Å². The van der Waals surface area contributed by atoms with Crippen LogP contribution in [0.5, 0.6) is 23.0 Å². The normalized spacial score (nSPS) is 18.8.